The number of aryl methyl sites for hydroxylation is 1. The summed E-state index contributed by atoms with van der Waals surface area (Å²) in [5.74, 6) is 1.46. The second kappa shape index (κ2) is 13.0. The maximum atomic E-state index is 12.0. The van der Waals surface area contributed by atoms with Crippen LogP contribution < -0.4 is 20.7 Å². The number of rotatable bonds is 8. The molecule has 152 valence electrons. The Morgan fingerprint density at radius 2 is 1.75 bits per heavy atom. The number of carbonyl (C=O) groups excluding carboxylic acids is 1. The third-order valence-electron chi connectivity index (χ3n) is 3.93. The van der Waals surface area contributed by atoms with E-state index in [-0.39, 0.29) is 29.9 Å². The van der Waals surface area contributed by atoms with Crippen LogP contribution in [0, 0.1) is 6.92 Å². The van der Waals surface area contributed by atoms with Crippen LogP contribution in [0.3, 0.4) is 0 Å². The largest absolute Gasteiger partial charge is 0.496 e. The van der Waals surface area contributed by atoms with E-state index in [1.54, 1.807) is 19.2 Å². The minimum Gasteiger partial charge on any atom is -0.496 e. The summed E-state index contributed by atoms with van der Waals surface area (Å²) in [6.45, 7) is 6.40. The molecule has 0 aliphatic heterocycles. The number of carbonyl (C=O) groups is 1. The zero-order valence-electron chi connectivity index (χ0n) is 16.6. The van der Waals surface area contributed by atoms with Gasteiger partial charge < -0.3 is 20.7 Å². The predicted octanol–water partition coefficient (Wildman–Crippen LogP) is 3.11. The summed E-state index contributed by atoms with van der Waals surface area (Å²) < 4.78 is 5.43. The van der Waals surface area contributed by atoms with Gasteiger partial charge in [-0.2, -0.15) is 0 Å². The van der Waals surface area contributed by atoms with Crippen LogP contribution in [0.5, 0.6) is 5.75 Å². The van der Waals surface area contributed by atoms with Crippen molar-refractivity contribution in [2.24, 2.45) is 4.99 Å². The highest BCUT2D eigenvalue weighted by Crippen LogP contribution is 2.20. The fourth-order valence-electron chi connectivity index (χ4n) is 2.54. The molecule has 0 bridgehead atoms. The van der Waals surface area contributed by atoms with Crippen LogP contribution in [0.25, 0.3) is 0 Å². The SMILES string of the molecule is CCNC(=NCc1ccc(C)cc1OC)NCCNC(=O)c1ccccc1.I. The number of hydrogen-bond acceptors (Lipinski definition) is 3. The van der Waals surface area contributed by atoms with E-state index in [9.17, 15) is 4.79 Å². The Labute approximate surface area is 184 Å². The number of hydrogen-bond donors (Lipinski definition) is 3. The van der Waals surface area contributed by atoms with Gasteiger partial charge in [-0.25, -0.2) is 4.99 Å². The number of amides is 1. The first-order chi connectivity index (χ1) is 13.1. The number of methoxy groups -OCH3 is 1. The molecule has 0 fully saturated rings. The molecule has 3 N–H and O–H groups in total. The van der Waals surface area contributed by atoms with Crippen molar-refractivity contribution >= 4 is 35.8 Å². The van der Waals surface area contributed by atoms with Crippen molar-refractivity contribution in [1.82, 2.24) is 16.0 Å². The highest BCUT2D eigenvalue weighted by molar-refractivity contribution is 14.0. The van der Waals surface area contributed by atoms with E-state index in [4.69, 9.17) is 4.74 Å². The Balaban J connectivity index is 0.00000392. The molecular formula is C21H29IN4O2. The van der Waals surface area contributed by atoms with Crippen LogP contribution in [-0.4, -0.2) is 38.6 Å². The van der Waals surface area contributed by atoms with Crippen molar-refractivity contribution in [2.75, 3.05) is 26.7 Å². The van der Waals surface area contributed by atoms with Gasteiger partial charge in [0.1, 0.15) is 5.75 Å². The molecule has 2 rings (SSSR count). The lowest BCUT2D eigenvalue weighted by Crippen LogP contribution is -2.41. The second-order valence-corrected chi connectivity index (χ2v) is 6.06. The Bertz CT molecular complexity index is 766. The monoisotopic (exact) mass is 496 g/mol. The second-order valence-electron chi connectivity index (χ2n) is 6.06. The Hall–Kier alpha value is -2.29. The highest BCUT2D eigenvalue weighted by atomic mass is 127. The minimum absolute atomic E-state index is 0. The van der Waals surface area contributed by atoms with E-state index in [1.165, 1.54) is 0 Å². The van der Waals surface area contributed by atoms with E-state index in [1.807, 2.05) is 50.2 Å². The number of ether oxygens (including phenoxy) is 1. The molecule has 2 aromatic rings. The van der Waals surface area contributed by atoms with E-state index < -0.39 is 0 Å². The van der Waals surface area contributed by atoms with Crippen LogP contribution in [-0.2, 0) is 6.54 Å². The molecule has 28 heavy (non-hydrogen) atoms. The fraction of sp³-hybridized carbons (Fsp3) is 0.333. The first-order valence-electron chi connectivity index (χ1n) is 9.13. The maximum Gasteiger partial charge on any atom is 0.251 e. The third-order valence-corrected chi connectivity index (χ3v) is 3.93. The van der Waals surface area contributed by atoms with E-state index >= 15 is 0 Å². The average molecular weight is 496 g/mol. The van der Waals surface area contributed by atoms with Gasteiger partial charge in [-0.1, -0.05) is 30.3 Å². The number of benzene rings is 2. The zero-order valence-corrected chi connectivity index (χ0v) is 18.9. The summed E-state index contributed by atoms with van der Waals surface area (Å²) in [6.07, 6.45) is 0. The lowest BCUT2D eigenvalue weighted by Gasteiger charge is -2.13. The van der Waals surface area contributed by atoms with Gasteiger partial charge in [-0.05, 0) is 37.6 Å². The molecule has 0 unspecified atom stereocenters. The van der Waals surface area contributed by atoms with Crippen LogP contribution in [0.1, 0.15) is 28.4 Å². The van der Waals surface area contributed by atoms with Gasteiger partial charge in [0, 0.05) is 30.8 Å². The fourth-order valence-corrected chi connectivity index (χ4v) is 2.54. The molecule has 0 atom stereocenters. The minimum atomic E-state index is -0.0799. The van der Waals surface area contributed by atoms with Crippen molar-refractivity contribution in [3.63, 3.8) is 0 Å². The summed E-state index contributed by atoms with van der Waals surface area (Å²) in [5, 5.41) is 9.33. The summed E-state index contributed by atoms with van der Waals surface area (Å²) in [4.78, 5) is 16.6. The Kier molecular flexibility index (Phi) is 11.0. The number of nitrogens with one attached hydrogen (secondary N) is 3. The van der Waals surface area contributed by atoms with Crippen molar-refractivity contribution in [3.05, 3.63) is 65.2 Å². The Morgan fingerprint density at radius 1 is 1.04 bits per heavy atom. The number of nitrogens with zero attached hydrogens (tertiary/aromatic N) is 1. The molecule has 0 aromatic heterocycles. The van der Waals surface area contributed by atoms with E-state index in [0.717, 1.165) is 23.4 Å². The Morgan fingerprint density at radius 3 is 2.43 bits per heavy atom. The molecule has 0 aliphatic carbocycles. The topological polar surface area (TPSA) is 74.8 Å². The molecular weight excluding hydrogens is 467 g/mol. The summed E-state index contributed by atoms with van der Waals surface area (Å²) in [7, 11) is 1.67. The molecule has 1 amide bonds. The third kappa shape index (κ3) is 7.75. The van der Waals surface area contributed by atoms with Gasteiger partial charge >= 0.3 is 0 Å². The number of guanidine groups is 1. The molecule has 7 heteroatoms. The summed E-state index contributed by atoms with van der Waals surface area (Å²) >= 11 is 0. The van der Waals surface area contributed by atoms with Crippen LogP contribution in [0.4, 0.5) is 0 Å². The van der Waals surface area contributed by atoms with E-state index in [0.29, 0.717) is 31.2 Å². The van der Waals surface area contributed by atoms with E-state index in [2.05, 4.69) is 20.9 Å². The van der Waals surface area contributed by atoms with Crippen molar-refractivity contribution < 1.29 is 9.53 Å². The summed E-state index contributed by atoms with van der Waals surface area (Å²) in [6, 6.07) is 15.3. The van der Waals surface area contributed by atoms with Gasteiger partial charge in [-0.15, -0.1) is 24.0 Å². The molecule has 0 heterocycles. The first kappa shape index (κ1) is 23.7. The number of halogens is 1. The van der Waals surface area contributed by atoms with Crippen molar-refractivity contribution in [3.8, 4) is 5.75 Å². The summed E-state index contributed by atoms with van der Waals surface area (Å²) in [5.41, 5.74) is 2.83. The molecule has 0 aliphatic rings. The lowest BCUT2D eigenvalue weighted by molar-refractivity contribution is 0.0954. The van der Waals surface area contributed by atoms with Gasteiger partial charge in [0.25, 0.3) is 5.91 Å². The van der Waals surface area contributed by atoms with Crippen molar-refractivity contribution in [1.29, 1.82) is 0 Å². The first-order valence-corrected chi connectivity index (χ1v) is 9.13. The smallest absolute Gasteiger partial charge is 0.251 e. The molecule has 6 nitrogen and oxygen atoms in total. The molecule has 0 saturated heterocycles. The maximum absolute atomic E-state index is 12.0. The van der Waals surface area contributed by atoms with Crippen LogP contribution >= 0.6 is 24.0 Å². The van der Waals surface area contributed by atoms with Gasteiger partial charge in [0.15, 0.2) is 5.96 Å². The van der Waals surface area contributed by atoms with Gasteiger partial charge in [0.05, 0.1) is 13.7 Å². The average Bonchev–Trinajstić information content (AvgIpc) is 2.70. The molecule has 0 spiro atoms. The van der Waals surface area contributed by atoms with Gasteiger partial charge in [0.2, 0.25) is 0 Å². The van der Waals surface area contributed by atoms with Crippen LogP contribution in [0.2, 0.25) is 0 Å². The lowest BCUT2D eigenvalue weighted by atomic mass is 10.1. The van der Waals surface area contributed by atoms with Gasteiger partial charge in [-0.3, -0.25) is 4.79 Å². The quantitative estimate of drug-likeness (QED) is 0.227. The molecule has 2 aromatic carbocycles. The molecule has 0 saturated carbocycles. The highest BCUT2D eigenvalue weighted by Gasteiger charge is 2.05. The predicted molar refractivity (Wildman–Crippen MR) is 125 cm³/mol. The standard InChI is InChI=1S/C21H28N4O2.HI/c1-4-22-21(25-15-18-11-10-16(2)14-19(18)27-3)24-13-12-23-20(26)17-8-6-5-7-9-17;/h5-11,14H,4,12-13,15H2,1-3H3,(H,23,26)(H2,22,24,25);1H. The number of aliphatic imine (C=N–C) groups is 1. The zero-order chi connectivity index (χ0) is 19.5. The normalized spacial score (nSPS) is 10.6. The van der Waals surface area contributed by atoms with Crippen molar-refractivity contribution in [2.45, 2.75) is 20.4 Å². The molecule has 0 radical (unpaired) electrons. The van der Waals surface area contributed by atoms with Crippen LogP contribution in [0.15, 0.2) is 53.5 Å².